The monoisotopic (exact) mass is 211 g/mol. The van der Waals surface area contributed by atoms with Crippen molar-refractivity contribution in [2.24, 2.45) is 0 Å². The van der Waals surface area contributed by atoms with Crippen LogP contribution in [0.4, 0.5) is 0 Å². The number of hydrogen-bond acceptors (Lipinski definition) is 1. The molecule has 2 heteroatoms. The summed E-state index contributed by atoms with van der Waals surface area (Å²) >= 11 is 0. The largest absolute Gasteiger partial charge is 0.353 e. The van der Waals surface area contributed by atoms with E-state index in [1.165, 1.54) is 51.4 Å². The van der Waals surface area contributed by atoms with Gasteiger partial charge in [-0.15, -0.1) is 0 Å². The fraction of sp³-hybridized carbons (Fsp3) is 0.923. The highest BCUT2D eigenvalue weighted by atomic mass is 16.1. The first-order chi connectivity index (χ1) is 7.33. The third kappa shape index (κ3) is 5.81. The average Bonchev–Trinajstić information content (AvgIpc) is 2.63. The van der Waals surface area contributed by atoms with Crippen LogP contribution < -0.4 is 5.32 Å². The zero-order valence-electron chi connectivity index (χ0n) is 10.1. The van der Waals surface area contributed by atoms with Crippen LogP contribution in [0.25, 0.3) is 0 Å². The predicted molar refractivity (Wildman–Crippen MR) is 63.8 cm³/mol. The second-order valence-electron chi connectivity index (χ2n) is 4.71. The van der Waals surface area contributed by atoms with Crippen LogP contribution in [0.15, 0.2) is 0 Å². The maximum absolute atomic E-state index is 10.9. The Bertz CT molecular complexity index is 179. The molecule has 1 aliphatic heterocycles. The average molecular weight is 211 g/mol. The molecule has 1 rings (SSSR count). The van der Waals surface area contributed by atoms with E-state index in [4.69, 9.17) is 0 Å². The van der Waals surface area contributed by atoms with Gasteiger partial charge in [0.25, 0.3) is 0 Å². The quantitative estimate of drug-likeness (QED) is 0.612. The fourth-order valence-corrected chi connectivity index (χ4v) is 2.24. The van der Waals surface area contributed by atoms with Crippen molar-refractivity contribution in [2.45, 2.75) is 77.2 Å². The number of carbonyl (C=O) groups is 1. The van der Waals surface area contributed by atoms with Crippen molar-refractivity contribution >= 4 is 5.91 Å². The van der Waals surface area contributed by atoms with Gasteiger partial charge in [-0.2, -0.15) is 0 Å². The summed E-state index contributed by atoms with van der Waals surface area (Å²) < 4.78 is 0. The first-order valence-corrected chi connectivity index (χ1v) is 6.62. The molecule has 0 aromatic carbocycles. The van der Waals surface area contributed by atoms with Crippen LogP contribution >= 0.6 is 0 Å². The minimum atomic E-state index is 0.253. The van der Waals surface area contributed by atoms with Crippen LogP contribution in [0.1, 0.15) is 71.1 Å². The third-order valence-electron chi connectivity index (χ3n) is 3.24. The van der Waals surface area contributed by atoms with Crippen LogP contribution in [-0.2, 0) is 4.79 Å². The van der Waals surface area contributed by atoms with E-state index in [1.807, 2.05) is 0 Å². The van der Waals surface area contributed by atoms with Crippen molar-refractivity contribution in [2.75, 3.05) is 0 Å². The van der Waals surface area contributed by atoms with Gasteiger partial charge >= 0.3 is 0 Å². The standard InChI is InChI=1S/C13H25NO/c1-2-3-4-5-6-7-8-9-12-10-11-13(15)14-12/h12H,2-11H2,1H3,(H,14,15). The molecule has 0 bridgehead atoms. The van der Waals surface area contributed by atoms with E-state index in [0.29, 0.717) is 6.04 Å². The summed E-state index contributed by atoms with van der Waals surface area (Å²) in [7, 11) is 0. The van der Waals surface area contributed by atoms with Gasteiger partial charge in [0.1, 0.15) is 0 Å². The number of carbonyl (C=O) groups excluding carboxylic acids is 1. The molecule has 0 saturated carbocycles. The van der Waals surface area contributed by atoms with Crippen molar-refractivity contribution < 1.29 is 4.79 Å². The molecule has 1 saturated heterocycles. The Morgan fingerprint density at radius 1 is 1.13 bits per heavy atom. The second kappa shape index (κ2) is 7.72. The minimum Gasteiger partial charge on any atom is -0.353 e. The van der Waals surface area contributed by atoms with Gasteiger partial charge in [-0.05, 0) is 12.8 Å². The Balaban J connectivity index is 1.83. The molecule has 1 aliphatic rings. The van der Waals surface area contributed by atoms with Gasteiger partial charge in [0.05, 0.1) is 0 Å². The summed E-state index contributed by atoms with van der Waals surface area (Å²) in [6.45, 7) is 2.25. The van der Waals surface area contributed by atoms with Gasteiger partial charge in [-0.1, -0.05) is 51.9 Å². The van der Waals surface area contributed by atoms with Crippen molar-refractivity contribution in [1.82, 2.24) is 5.32 Å². The van der Waals surface area contributed by atoms with Crippen LogP contribution in [0.3, 0.4) is 0 Å². The highest BCUT2D eigenvalue weighted by Crippen LogP contribution is 2.15. The number of amides is 1. The molecule has 1 atom stereocenters. The molecule has 0 radical (unpaired) electrons. The van der Waals surface area contributed by atoms with Gasteiger partial charge < -0.3 is 5.32 Å². The van der Waals surface area contributed by atoms with E-state index in [9.17, 15) is 4.79 Å². The van der Waals surface area contributed by atoms with Gasteiger partial charge in [-0.25, -0.2) is 0 Å². The third-order valence-corrected chi connectivity index (χ3v) is 3.24. The predicted octanol–water partition coefficient (Wildman–Crippen LogP) is 3.41. The van der Waals surface area contributed by atoms with E-state index in [2.05, 4.69) is 12.2 Å². The molecule has 0 aliphatic carbocycles. The molecule has 0 aromatic heterocycles. The molecule has 1 heterocycles. The summed E-state index contributed by atoms with van der Waals surface area (Å²) in [6, 6.07) is 0.494. The number of rotatable bonds is 8. The minimum absolute atomic E-state index is 0.253. The molecule has 1 N–H and O–H groups in total. The van der Waals surface area contributed by atoms with E-state index >= 15 is 0 Å². The molecular formula is C13H25NO. The van der Waals surface area contributed by atoms with Crippen LogP contribution in [-0.4, -0.2) is 11.9 Å². The number of unbranched alkanes of at least 4 members (excludes halogenated alkanes) is 6. The Morgan fingerprint density at radius 2 is 1.80 bits per heavy atom. The molecule has 0 spiro atoms. The molecule has 0 aromatic rings. The first kappa shape index (κ1) is 12.5. The maximum Gasteiger partial charge on any atom is 0.220 e. The molecule has 1 unspecified atom stereocenters. The zero-order chi connectivity index (χ0) is 10.9. The second-order valence-corrected chi connectivity index (χ2v) is 4.71. The molecule has 1 fully saturated rings. The van der Waals surface area contributed by atoms with E-state index in [0.717, 1.165) is 12.8 Å². The van der Waals surface area contributed by atoms with Crippen molar-refractivity contribution in [3.63, 3.8) is 0 Å². The Hall–Kier alpha value is -0.530. The smallest absolute Gasteiger partial charge is 0.220 e. The van der Waals surface area contributed by atoms with Crippen LogP contribution in [0.2, 0.25) is 0 Å². The highest BCUT2D eigenvalue weighted by Gasteiger charge is 2.19. The van der Waals surface area contributed by atoms with Crippen molar-refractivity contribution in [3.05, 3.63) is 0 Å². The van der Waals surface area contributed by atoms with Crippen LogP contribution in [0.5, 0.6) is 0 Å². The summed E-state index contributed by atoms with van der Waals surface area (Å²) in [4.78, 5) is 10.9. The lowest BCUT2D eigenvalue weighted by atomic mass is 10.0. The lowest BCUT2D eigenvalue weighted by molar-refractivity contribution is -0.119. The lowest BCUT2D eigenvalue weighted by Gasteiger charge is -2.08. The zero-order valence-corrected chi connectivity index (χ0v) is 10.1. The van der Waals surface area contributed by atoms with Gasteiger partial charge in [0.15, 0.2) is 0 Å². The number of hydrogen-bond donors (Lipinski definition) is 1. The van der Waals surface area contributed by atoms with Crippen molar-refractivity contribution in [1.29, 1.82) is 0 Å². The fourth-order valence-electron chi connectivity index (χ4n) is 2.24. The van der Waals surface area contributed by atoms with E-state index in [1.54, 1.807) is 0 Å². The van der Waals surface area contributed by atoms with Gasteiger partial charge in [-0.3, -0.25) is 4.79 Å². The van der Waals surface area contributed by atoms with E-state index < -0.39 is 0 Å². The maximum atomic E-state index is 10.9. The van der Waals surface area contributed by atoms with E-state index in [-0.39, 0.29) is 5.91 Å². The summed E-state index contributed by atoms with van der Waals surface area (Å²) in [5, 5.41) is 3.03. The normalized spacial score (nSPS) is 20.6. The summed E-state index contributed by atoms with van der Waals surface area (Å²) in [6.07, 6.45) is 12.5. The first-order valence-electron chi connectivity index (χ1n) is 6.62. The Morgan fingerprint density at radius 3 is 2.40 bits per heavy atom. The Labute approximate surface area is 93.8 Å². The van der Waals surface area contributed by atoms with Gasteiger partial charge in [0.2, 0.25) is 5.91 Å². The molecule has 1 amide bonds. The van der Waals surface area contributed by atoms with Crippen molar-refractivity contribution in [3.8, 4) is 0 Å². The topological polar surface area (TPSA) is 29.1 Å². The van der Waals surface area contributed by atoms with Gasteiger partial charge in [0, 0.05) is 12.5 Å². The highest BCUT2D eigenvalue weighted by molar-refractivity contribution is 5.78. The Kier molecular flexibility index (Phi) is 6.45. The molecule has 88 valence electrons. The molecule has 2 nitrogen and oxygen atoms in total. The molecule has 15 heavy (non-hydrogen) atoms. The van der Waals surface area contributed by atoms with Crippen LogP contribution in [0, 0.1) is 0 Å². The summed E-state index contributed by atoms with van der Waals surface area (Å²) in [5.74, 6) is 0.253. The lowest BCUT2D eigenvalue weighted by Crippen LogP contribution is -2.24. The number of nitrogens with one attached hydrogen (secondary N) is 1. The summed E-state index contributed by atoms with van der Waals surface area (Å²) in [5.41, 5.74) is 0. The molecular weight excluding hydrogens is 186 g/mol. The SMILES string of the molecule is CCCCCCCCCC1CCC(=O)N1.